The minimum absolute atomic E-state index is 0.333. The van der Waals surface area contributed by atoms with Crippen molar-refractivity contribution < 1.29 is 20.4 Å². The van der Waals surface area contributed by atoms with E-state index in [0.717, 1.165) is 0 Å². The summed E-state index contributed by atoms with van der Waals surface area (Å²) < 4.78 is 0. The van der Waals surface area contributed by atoms with E-state index in [4.69, 9.17) is 25.8 Å². The number of aliphatic hydroxyl groups excluding tert-OH is 4. The summed E-state index contributed by atoms with van der Waals surface area (Å²) in [5.74, 6) is -0.333. The second kappa shape index (κ2) is 7.74. The van der Waals surface area contributed by atoms with Crippen molar-refractivity contribution in [1.29, 1.82) is 5.41 Å². The molecular weight excluding hydrogens is 178 g/mol. The molecule has 0 heterocycles. The summed E-state index contributed by atoms with van der Waals surface area (Å²) in [5.41, 5.74) is 7.83. The van der Waals surface area contributed by atoms with Gasteiger partial charge in [-0.15, -0.1) is 0 Å². The average Bonchev–Trinajstić information content (AvgIpc) is 2.09. The van der Waals surface area contributed by atoms with Crippen molar-refractivity contribution in [2.24, 2.45) is 16.9 Å². The first-order valence-corrected chi connectivity index (χ1v) is 3.51. The van der Waals surface area contributed by atoms with E-state index in [1.54, 1.807) is 0 Å². The Kier molecular flexibility index (Phi) is 8.71. The average molecular weight is 195 g/mol. The van der Waals surface area contributed by atoms with Crippen LogP contribution in [0.2, 0.25) is 0 Å². The third kappa shape index (κ3) is 7.47. The van der Waals surface area contributed by atoms with Gasteiger partial charge in [-0.05, 0) is 0 Å². The molecule has 0 fully saturated rings. The second-order valence-corrected chi connectivity index (χ2v) is 2.59. The van der Waals surface area contributed by atoms with E-state index >= 15 is 0 Å². The first-order chi connectivity index (χ1) is 5.97. The van der Waals surface area contributed by atoms with Crippen LogP contribution in [0.1, 0.15) is 0 Å². The first kappa shape index (κ1) is 14.6. The Morgan fingerprint density at radius 1 is 0.923 bits per heavy atom. The second-order valence-electron chi connectivity index (χ2n) is 2.59. The number of aliphatic hydroxyl groups is 4. The molecule has 0 atom stereocenters. The smallest absolute Gasteiger partial charge is 0.183 e. The van der Waals surface area contributed by atoms with Crippen molar-refractivity contribution in [3.8, 4) is 0 Å². The maximum Gasteiger partial charge on any atom is 0.183 e. The van der Waals surface area contributed by atoms with Crippen molar-refractivity contribution in [3.05, 3.63) is 0 Å². The van der Waals surface area contributed by atoms with Gasteiger partial charge in [0, 0.05) is 0 Å². The van der Waals surface area contributed by atoms with Crippen molar-refractivity contribution in [2.45, 2.75) is 0 Å². The SMILES string of the molecule is N=C(N)N.OCC(CO)(CO)CO. The molecule has 0 unspecified atom stereocenters. The Morgan fingerprint density at radius 3 is 1.08 bits per heavy atom. The Bertz CT molecular complexity index is 116. The van der Waals surface area contributed by atoms with Crippen LogP contribution in [-0.2, 0) is 0 Å². The Balaban J connectivity index is 0. The molecule has 0 rings (SSSR count). The molecule has 0 aromatic rings. The van der Waals surface area contributed by atoms with Crippen molar-refractivity contribution in [1.82, 2.24) is 0 Å². The molecule has 0 spiro atoms. The van der Waals surface area contributed by atoms with Crippen LogP contribution in [0.5, 0.6) is 0 Å². The third-order valence-corrected chi connectivity index (χ3v) is 1.34. The van der Waals surface area contributed by atoms with Gasteiger partial charge in [-0.25, -0.2) is 0 Å². The van der Waals surface area contributed by atoms with E-state index in [0.29, 0.717) is 0 Å². The van der Waals surface area contributed by atoms with E-state index in [9.17, 15) is 0 Å². The molecule has 0 bridgehead atoms. The van der Waals surface area contributed by atoms with Gasteiger partial charge in [-0.2, -0.15) is 0 Å². The summed E-state index contributed by atoms with van der Waals surface area (Å²) in [6.07, 6.45) is 0. The monoisotopic (exact) mass is 195 g/mol. The number of hydrogen-bond donors (Lipinski definition) is 7. The standard InChI is InChI=1S/C5H12O4.CH5N3/c6-1-5(2-7,3-8)4-9;2-1(3)4/h6-9H,1-4H2;(H5,2,3,4). The Morgan fingerprint density at radius 2 is 1.08 bits per heavy atom. The van der Waals surface area contributed by atoms with Crippen molar-refractivity contribution >= 4 is 5.96 Å². The van der Waals surface area contributed by atoms with Crippen LogP contribution >= 0.6 is 0 Å². The quantitative estimate of drug-likeness (QED) is 0.185. The molecule has 0 saturated carbocycles. The molecule has 13 heavy (non-hydrogen) atoms. The zero-order valence-corrected chi connectivity index (χ0v) is 7.27. The minimum atomic E-state index is -1.11. The van der Waals surface area contributed by atoms with Crippen LogP contribution in [-0.4, -0.2) is 52.8 Å². The van der Waals surface area contributed by atoms with E-state index in [-0.39, 0.29) is 5.96 Å². The van der Waals surface area contributed by atoms with Gasteiger partial charge < -0.3 is 31.9 Å². The van der Waals surface area contributed by atoms with E-state index < -0.39 is 31.8 Å². The molecule has 9 N–H and O–H groups in total. The lowest BCUT2D eigenvalue weighted by Gasteiger charge is -2.23. The normalized spacial score (nSPS) is 10.2. The Labute approximate surface area is 76.1 Å². The first-order valence-electron chi connectivity index (χ1n) is 3.51. The third-order valence-electron chi connectivity index (χ3n) is 1.34. The Hall–Kier alpha value is -0.890. The zero-order chi connectivity index (χ0) is 10.9. The maximum atomic E-state index is 8.50. The number of rotatable bonds is 4. The molecule has 0 aliphatic heterocycles. The van der Waals surface area contributed by atoms with Crippen molar-refractivity contribution in [2.75, 3.05) is 26.4 Å². The molecule has 0 radical (unpaired) electrons. The summed E-state index contributed by atoms with van der Waals surface area (Å²) in [6, 6.07) is 0. The highest BCUT2D eigenvalue weighted by atomic mass is 16.3. The lowest BCUT2D eigenvalue weighted by atomic mass is 9.93. The van der Waals surface area contributed by atoms with Gasteiger partial charge >= 0.3 is 0 Å². The molecule has 0 aliphatic rings. The van der Waals surface area contributed by atoms with Crippen LogP contribution in [0.15, 0.2) is 0 Å². The number of nitrogens with one attached hydrogen (secondary N) is 1. The fourth-order valence-electron chi connectivity index (χ4n) is 0.300. The summed E-state index contributed by atoms with van der Waals surface area (Å²) in [6.45, 7) is -1.62. The van der Waals surface area contributed by atoms with Gasteiger partial charge in [0.05, 0.1) is 31.8 Å². The van der Waals surface area contributed by atoms with Crippen LogP contribution < -0.4 is 11.5 Å². The predicted octanol–water partition coefficient (Wildman–Crippen LogP) is -3.22. The highest BCUT2D eigenvalue weighted by molar-refractivity contribution is 5.71. The minimum Gasteiger partial charge on any atom is -0.396 e. The molecule has 0 amide bonds. The van der Waals surface area contributed by atoms with Gasteiger partial charge in [-0.1, -0.05) is 0 Å². The summed E-state index contributed by atoms with van der Waals surface area (Å²) in [4.78, 5) is 0. The molecule has 0 aromatic heterocycles. The largest absolute Gasteiger partial charge is 0.396 e. The highest BCUT2D eigenvalue weighted by Gasteiger charge is 2.26. The molecule has 7 nitrogen and oxygen atoms in total. The summed E-state index contributed by atoms with van der Waals surface area (Å²) in [5, 5.41) is 40.0. The summed E-state index contributed by atoms with van der Waals surface area (Å²) >= 11 is 0. The topological polar surface area (TPSA) is 157 Å². The van der Waals surface area contributed by atoms with Crippen molar-refractivity contribution in [3.63, 3.8) is 0 Å². The molecule has 80 valence electrons. The van der Waals surface area contributed by atoms with Gasteiger partial charge in [0.2, 0.25) is 0 Å². The fraction of sp³-hybridized carbons (Fsp3) is 0.833. The van der Waals surface area contributed by atoms with E-state index in [1.165, 1.54) is 0 Å². The van der Waals surface area contributed by atoms with Crippen LogP contribution in [0, 0.1) is 10.8 Å². The van der Waals surface area contributed by atoms with Gasteiger partial charge in [0.25, 0.3) is 0 Å². The number of hydrogen-bond acceptors (Lipinski definition) is 5. The van der Waals surface area contributed by atoms with Crippen LogP contribution in [0.25, 0.3) is 0 Å². The predicted molar refractivity (Wildman–Crippen MR) is 46.9 cm³/mol. The highest BCUT2D eigenvalue weighted by Crippen LogP contribution is 2.11. The zero-order valence-electron chi connectivity index (χ0n) is 7.27. The number of nitrogens with two attached hydrogens (primary N) is 2. The fourth-order valence-corrected chi connectivity index (χ4v) is 0.300. The van der Waals surface area contributed by atoms with Crippen LogP contribution in [0.3, 0.4) is 0 Å². The van der Waals surface area contributed by atoms with Gasteiger partial charge in [-0.3, -0.25) is 5.41 Å². The summed E-state index contributed by atoms with van der Waals surface area (Å²) in [7, 11) is 0. The molecular formula is C6H17N3O4. The molecule has 0 aliphatic carbocycles. The van der Waals surface area contributed by atoms with E-state index in [1.807, 2.05) is 0 Å². The molecule has 0 aromatic carbocycles. The lowest BCUT2D eigenvalue weighted by molar-refractivity contribution is -0.0328. The maximum absolute atomic E-state index is 8.50. The lowest BCUT2D eigenvalue weighted by Crippen LogP contribution is -2.37. The van der Waals surface area contributed by atoms with Gasteiger partial charge in [0.1, 0.15) is 0 Å². The molecule has 7 heteroatoms. The number of guanidine groups is 1. The van der Waals surface area contributed by atoms with Crippen LogP contribution in [0.4, 0.5) is 0 Å². The molecule has 0 saturated heterocycles. The van der Waals surface area contributed by atoms with Gasteiger partial charge in [0.15, 0.2) is 5.96 Å². The van der Waals surface area contributed by atoms with E-state index in [2.05, 4.69) is 11.5 Å².